The molecule has 94 valence electrons. The Morgan fingerprint density at radius 2 is 2.18 bits per heavy atom. The molecule has 0 radical (unpaired) electrons. The van der Waals surface area contributed by atoms with E-state index >= 15 is 0 Å². The van der Waals surface area contributed by atoms with E-state index in [1.165, 1.54) is 32.4 Å². The van der Waals surface area contributed by atoms with Crippen molar-refractivity contribution in [1.29, 1.82) is 0 Å². The van der Waals surface area contributed by atoms with Crippen LogP contribution in [-0.4, -0.2) is 36.6 Å². The summed E-state index contributed by atoms with van der Waals surface area (Å²) in [5.74, 6) is 2.58. The minimum atomic E-state index is 0.356. The Morgan fingerprint density at radius 3 is 2.88 bits per heavy atom. The van der Waals surface area contributed by atoms with Crippen molar-refractivity contribution in [1.82, 2.24) is 15.2 Å². The Morgan fingerprint density at radius 1 is 1.35 bits per heavy atom. The SMILES string of the molecule is CN1CCC(c2cnc(C3CCCN3)o2)CC1. The first-order valence-electron chi connectivity index (χ1n) is 6.70. The van der Waals surface area contributed by atoms with E-state index in [9.17, 15) is 0 Å². The number of hydrogen-bond donors (Lipinski definition) is 1. The van der Waals surface area contributed by atoms with Crippen molar-refractivity contribution in [3.8, 4) is 0 Å². The summed E-state index contributed by atoms with van der Waals surface area (Å²) in [5, 5.41) is 3.43. The first-order chi connectivity index (χ1) is 8.33. The fraction of sp³-hybridized carbons (Fsp3) is 0.769. The molecule has 0 spiro atoms. The Labute approximate surface area is 102 Å². The molecule has 3 heterocycles. The highest BCUT2D eigenvalue weighted by molar-refractivity contribution is 5.06. The normalized spacial score (nSPS) is 27.7. The third-order valence-corrected chi connectivity index (χ3v) is 4.02. The van der Waals surface area contributed by atoms with Crippen LogP contribution in [0, 0.1) is 0 Å². The lowest BCUT2D eigenvalue weighted by Gasteiger charge is -2.27. The molecule has 1 aromatic heterocycles. The Balaban J connectivity index is 1.67. The first kappa shape index (κ1) is 11.2. The maximum atomic E-state index is 5.95. The van der Waals surface area contributed by atoms with Gasteiger partial charge >= 0.3 is 0 Å². The molecule has 1 unspecified atom stereocenters. The van der Waals surface area contributed by atoms with E-state index in [2.05, 4.69) is 22.2 Å². The van der Waals surface area contributed by atoms with Gasteiger partial charge in [0.25, 0.3) is 0 Å². The van der Waals surface area contributed by atoms with Crippen molar-refractivity contribution in [2.24, 2.45) is 0 Å². The van der Waals surface area contributed by atoms with Crippen LogP contribution in [-0.2, 0) is 0 Å². The van der Waals surface area contributed by atoms with Crippen molar-refractivity contribution < 1.29 is 4.42 Å². The predicted molar refractivity (Wildman–Crippen MR) is 66.0 cm³/mol. The minimum absolute atomic E-state index is 0.356. The van der Waals surface area contributed by atoms with Crippen LogP contribution in [0.3, 0.4) is 0 Å². The Hall–Kier alpha value is -0.870. The zero-order chi connectivity index (χ0) is 11.7. The van der Waals surface area contributed by atoms with Crippen LogP contribution in [0.2, 0.25) is 0 Å². The summed E-state index contributed by atoms with van der Waals surface area (Å²) in [6.07, 6.45) is 6.74. The molecule has 2 aliphatic rings. The van der Waals surface area contributed by atoms with Gasteiger partial charge in [-0.1, -0.05) is 0 Å². The second kappa shape index (κ2) is 4.78. The van der Waals surface area contributed by atoms with E-state index in [0.717, 1.165) is 24.6 Å². The maximum absolute atomic E-state index is 5.95. The largest absolute Gasteiger partial charge is 0.444 e. The number of rotatable bonds is 2. The molecule has 0 bridgehead atoms. The molecular formula is C13H21N3O. The van der Waals surface area contributed by atoms with Gasteiger partial charge in [0.1, 0.15) is 5.76 Å². The fourth-order valence-electron chi connectivity index (χ4n) is 2.84. The molecule has 2 saturated heterocycles. The zero-order valence-corrected chi connectivity index (χ0v) is 10.5. The number of nitrogens with zero attached hydrogens (tertiary/aromatic N) is 2. The molecule has 0 aromatic carbocycles. The second-order valence-electron chi connectivity index (χ2n) is 5.33. The number of oxazole rings is 1. The highest BCUT2D eigenvalue weighted by Gasteiger charge is 2.25. The Kier molecular flexibility index (Phi) is 3.16. The molecule has 2 fully saturated rings. The van der Waals surface area contributed by atoms with E-state index in [1.54, 1.807) is 0 Å². The van der Waals surface area contributed by atoms with Gasteiger partial charge in [-0.25, -0.2) is 4.98 Å². The number of likely N-dealkylation sites (tertiary alicyclic amines) is 1. The fourth-order valence-corrected chi connectivity index (χ4v) is 2.84. The van der Waals surface area contributed by atoms with Gasteiger partial charge in [0.05, 0.1) is 12.2 Å². The summed E-state index contributed by atoms with van der Waals surface area (Å²) in [5.41, 5.74) is 0. The predicted octanol–water partition coefficient (Wildman–Crippen LogP) is 1.91. The third-order valence-electron chi connectivity index (χ3n) is 4.02. The second-order valence-corrected chi connectivity index (χ2v) is 5.33. The zero-order valence-electron chi connectivity index (χ0n) is 10.5. The van der Waals surface area contributed by atoms with Gasteiger partial charge in [0, 0.05) is 5.92 Å². The van der Waals surface area contributed by atoms with E-state index in [0.29, 0.717) is 12.0 Å². The molecule has 1 N–H and O–H groups in total. The smallest absolute Gasteiger partial charge is 0.211 e. The third kappa shape index (κ3) is 2.38. The summed E-state index contributed by atoms with van der Waals surface area (Å²) < 4.78 is 5.95. The van der Waals surface area contributed by atoms with Crippen LogP contribution in [0.25, 0.3) is 0 Å². The van der Waals surface area contributed by atoms with Crippen LogP contribution < -0.4 is 5.32 Å². The quantitative estimate of drug-likeness (QED) is 0.850. The number of aromatic nitrogens is 1. The summed E-state index contributed by atoms with van der Waals surface area (Å²) in [4.78, 5) is 6.83. The van der Waals surface area contributed by atoms with Gasteiger partial charge in [0.2, 0.25) is 5.89 Å². The van der Waals surface area contributed by atoms with Crippen molar-refractivity contribution in [2.45, 2.75) is 37.6 Å². The van der Waals surface area contributed by atoms with Crippen LogP contribution in [0.1, 0.15) is 49.3 Å². The van der Waals surface area contributed by atoms with Crippen molar-refractivity contribution in [3.63, 3.8) is 0 Å². The lowest BCUT2D eigenvalue weighted by Crippen LogP contribution is -2.29. The average molecular weight is 235 g/mol. The summed E-state index contributed by atoms with van der Waals surface area (Å²) >= 11 is 0. The molecule has 17 heavy (non-hydrogen) atoms. The number of hydrogen-bond acceptors (Lipinski definition) is 4. The summed E-state index contributed by atoms with van der Waals surface area (Å²) in [7, 11) is 2.19. The van der Waals surface area contributed by atoms with Crippen molar-refractivity contribution in [2.75, 3.05) is 26.7 Å². The van der Waals surface area contributed by atoms with Crippen LogP contribution in [0.15, 0.2) is 10.6 Å². The standard InChI is InChI=1S/C13H21N3O/c1-16-7-4-10(5-8-16)12-9-15-13(17-12)11-3-2-6-14-11/h9-11,14H,2-8H2,1H3. The molecule has 4 nitrogen and oxygen atoms in total. The van der Waals surface area contributed by atoms with Gasteiger partial charge in [-0.3, -0.25) is 0 Å². The minimum Gasteiger partial charge on any atom is -0.444 e. The molecule has 0 amide bonds. The Bertz CT molecular complexity index is 362. The highest BCUT2D eigenvalue weighted by Crippen LogP contribution is 2.30. The van der Waals surface area contributed by atoms with E-state index in [4.69, 9.17) is 4.42 Å². The molecule has 1 aromatic rings. The van der Waals surface area contributed by atoms with E-state index in [-0.39, 0.29) is 0 Å². The van der Waals surface area contributed by atoms with Gasteiger partial charge in [-0.05, 0) is 52.4 Å². The molecule has 2 aliphatic heterocycles. The molecule has 4 heteroatoms. The van der Waals surface area contributed by atoms with E-state index < -0.39 is 0 Å². The van der Waals surface area contributed by atoms with Gasteiger partial charge in [-0.15, -0.1) is 0 Å². The van der Waals surface area contributed by atoms with Crippen molar-refractivity contribution in [3.05, 3.63) is 17.8 Å². The monoisotopic (exact) mass is 235 g/mol. The topological polar surface area (TPSA) is 41.3 Å². The van der Waals surface area contributed by atoms with Crippen LogP contribution >= 0.6 is 0 Å². The van der Waals surface area contributed by atoms with Crippen molar-refractivity contribution >= 4 is 0 Å². The highest BCUT2D eigenvalue weighted by atomic mass is 16.4. The number of piperidine rings is 1. The summed E-state index contributed by atoms with van der Waals surface area (Å²) in [6.45, 7) is 3.43. The van der Waals surface area contributed by atoms with Gasteiger partial charge < -0.3 is 14.6 Å². The lowest BCUT2D eigenvalue weighted by molar-refractivity contribution is 0.237. The first-order valence-corrected chi connectivity index (χ1v) is 6.70. The summed E-state index contributed by atoms with van der Waals surface area (Å²) in [6, 6.07) is 0.356. The van der Waals surface area contributed by atoms with Crippen LogP contribution in [0.5, 0.6) is 0 Å². The molecule has 3 rings (SSSR count). The van der Waals surface area contributed by atoms with Gasteiger partial charge in [-0.2, -0.15) is 0 Å². The van der Waals surface area contributed by atoms with Gasteiger partial charge in [0.15, 0.2) is 0 Å². The molecule has 1 atom stereocenters. The lowest BCUT2D eigenvalue weighted by atomic mass is 9.95. The van der Waals surface area contributed by atoms with E-state index in [1.807, 2.05) is 6.20 Å². The average Bonchev–Trinajstić information content (AvgIpc) is 3.00. The molecule has 0 aliphatic carbocycles. The molecular weight excluding hydrogens is 214 g/mol. The maximum Gasteiger partial charge on any atom is 0.211 e. The number of nitrogens with one attached hydrogen (secondary N) is 1. The van der Waals surface area contributed by atoms with Crippen LogP contribution in [0.4, 0.5) is 0 Å². The molecule has 0 saturated carbocycles.